The van der Waals surface area contributed by atoms with Gasteiger partial charge in [-0.25, -0.2) is 0 Å². The van der Waals surface area contributed by atoms with Gasteiger partial charge in [-0.3, -0.25) is 29.4 Å². The lowest BCUT2D eigenvalue weighted by Gasteiger charge is -2.39. The molecule has 0 spiro atoms. The van der Waals surface area contributed by atoms with Crippen molar-refractivity contribution in [1.82, 2.24) is 0 Å². The van der Waals surface area contributed by atoms with E-state index in [1.54, 1.807) is 43.3 Å². The van der Waals surface area contributed by atoms with Crippen molar-refractivity contribution >= 4 is 34.8 Å². The van der Waals surface area contributed by atoms with Crippen LogP contribution in [-0.4, -0.2) is 45.8 Å². The number of aliphatic hydroxyl groups is 2. The first kappa shape index (κ1) is 26.0. The Hall–Kier alpha value is -4.09. The van der Waals surface area contributed by atoms with Gasteiger partial charge in [0.05, 0.1) is 23.6 Å². The first-order chi connectivity index (χ1) is 17.6. The van der Waals surface area contributed by atoms with Crippen molar-refractivity contribution < 1.29 is 34.3 Å². The van der Waals surface area contributed by atoms with Crippen molar-refractivity contribution in [3.8, 4) is 0 Å². The number of nitro groups is 1. The maximum Gasteiger partial charge on any atom is 0.304 e. The SMILES string of the molecule is CC(=O)OC1CC(=O)N1c1cccc(CN2C(=O)[C@](O)([C@H](C)/C=C/CCO)c3cc([N+](=O)[O-])ccc32)c1. The summed E-state index contributed by atoms with van der Waals surface area (Å²) in [6, 6.07) is 10.7. The zero-order valence-corrected chi connectivity index (χ0v) is 20.4. The third-order valence-corrected chi connectivity index (χ3v) is 6.58. The van der Waals surface area contributed by atoms with Crippen LogP contribution < -0.4 is 9.80 Å². The summed E-state index contributed by atoms with van der Waals surface area (Å²) in [7, 11) is 0. The van der Waals surface area contributed by atoms with E-state index in [-0.39, 0.29) is 36.7 Å². The van der Waals surface area contributed by atoms with E-state index in [1.165, 1.54) is 34.9 Å². The molecule has 2 aliphatic rings. The van der Waals surface area contributed by atoms with E-state index in [2.05, 4.69) is 0 Å². The minimum absolute atomic E-state index is 0.0210. The fraction of sp³-hybridized carbons (Fsp3) is 0.346. The molecule has 1 unspecified atom stereocenters. The summed E-state index contributed by atoms with van der Waals surface area (Å²) < 4.78 is 5.18. The maximum absolute atomic E-state index is 13.7. The molecule has 11 heteroatoms. The summed E-state index contributed by atoms with van der Waals surface area (Å²) in [6.07, 6.45) is 2.95. The van der Waals surface area contributed by atoms with E-state index < -0.39 is 34.5 Å². The number of hydrogen-bond donors (Lipinski definition) is 2. The van der Waals surface area contributed by atoms with Gasteiger partial charge in [-0.1, -0.05) is 31.2 Å². The minimum atomic E-state index is -2.06. The van der Waals surface area contributed by atoms with E-state index in [0.717, 1.165) is 0 Å². The Kier molecular flexibility index (Phi) is 7.10. The number of carbonyl (C=O) groups excluding carboxylic acids is 3. The van der Waals surface area contributed by atoms with Crippen LogP contribution in [0, 0.1) is 16.0 Å². The van der Waals surface area contributed by atoms with Gasteiger partial charge in [0.2, 0.25) is 5.91 Å². The highest BCUT2D eigenvalue weighted by Crippen LogP contribution is 2.47. The number of anilines is 2. The maximum atomic E-state index is 13.7. The number of carbonyl (C=O) groups is 3. The average molecular weight is 510 g/mol. The van der Waals surface area contributed by atoms with E-state index in [0.29, 0.717) is 23.4 Å². The fourth-order valence-corrected chi connectivity index (χ4v) is 4.69. The first-order valence-corrected chi connectivity index (χ1v) is 11.8. The summed E-state index contributed by atoms with van der Waals surface area (Å²) in [4.78, 5) is 50.8. The second-order valence-corrected chi connectivity index (χ2v) is 9.05. The van der Waals surface area contributed by atoms with Crippen LogP contribution in [0.4, 0.5) is 17.1 Å². The number of ether oxygens (including phenoxy) is 1. The number of non-ortho nitro benzene ring substituents is 1. The molecule has 0 aromatic heterocycles. The Bertz CT molecular complexity index is 1290. The summed E-state index contributed by atoms with van der Waals surface area (Å²) in [5.74, 6) is -2.11. The first-order valence-electron chi connectivity index (χ1n) is 11.8. The molecule has 37 heavy (non-hydrogen) atoms. The van der Waals surface area contributed by atoms with E-state index >= 15 is 0 Å². The molecule has 2 aromatic rings. The Balaban J connectivity index is 1.68. The minimum Gasteiger partial charge on any atom is -0.441 e. The van der Waals surface area contributed by atoms with Gasteiger partial charge in [0.15, 0.2) is 11.8 Å². The Labute approximate surface area is 212 Å². The van der Waals surface area contributed by atoms with Crippen LogP contribution in [0.2, 0.25) is 0 Å². The number of esters is 1. The van der Waals surface area contributed by atoms with Crippen LogP contribution in [0.3, 0.4) is 0 Å². The van der Waals surface area contributed by atoms with Gasteiger partial charge in [-0.2, -0.15) is 0 Å². The number of aliphatic hydroxyl groups excluding tert-OH is 1. The van der Waals surface area contributed by atoms with Gasteiger partial charge in [0.1, 0.15) is 0 Å². The molecule has 2 aliphatic heterocycles. The highest BCUT2D eigenvalue weighted by Gasteiger charge is 2.53. The van der Waals surface area contributed by atoms with Crippen molar-refractivity contribution in [2.24, 2.45) is 5.92 Å². The lowest BCUT2D eigenvalue weighted by molar-refractivity contribution is -0.385. The number of rotatable bonds is 9. The largest absolute Gasteiger partial charge is 0.441 e. The molecule has 0 bridgehead atoms. The van der Waals surface area contributed by atoms with Gasteiger partial charge >= 0.3 is 5.97 Å². The molecule has 194 valence electrons. The Morgan fingerprint density at radius 1 is 1.30 bits per heavy atom. The summed E-state index contributed by atoms with van der Waals surface area (Å²) in [6.45, 7) is 2.81. The molecule has 11 nitrogen and oxygen atoms in total. The summed E-state index contributed by atoms with van der Waals surface area (Å²) in [5, 5.41) is 32.1. The topological polar surface area (TPSA) is 151 Å². The molecule has 4 rings (SSSR count). The summed E-state index contributed by atoms with van der Waals surface area (Å²) >= 11 is 0. The normalized spacial score (nSPS) is 21.7. The van der Waals surface area contributed by atoms with Crippen LogP contribution in [0.15, 0.2) is 54.6 Å². The standard InChI is InChI=1S/C26H27N3O8/c1-16(6-3-4-11-30)26(34)21-13-20(29(35)36)9-10-22(21)27(25(26)33)15-18-7-5-8-19(12-18)28-23(32)14-24(28)37-17(2)31/h3,5-10,12-13,16,24,30,34H,4,11,14-15H2,1-2H3/b6-3+/t16-,24?,26+/m1/s1. The predicted molar refractivity (Wildman–Crippen MR) is 132 cm³/mol. The zero-order chi connectivity index (χ0) is 26.9. The number of benzene rings is 2. The molecule has 1 fully saturated rings. The molecule has 2 N–H and O–H groups in total. The molecule has 3 atom stereocenters. The highest BCUT2D eigenvalue weighted by molar-refractivity contribution is 6.07. The van der Waals surface area contributed by atoms with E-state index in [1.807, 2.05) is 0 Å². The van der Waals surface area contributed by atoms with Crippen molar-refractivity contribution in [3.05, 3.63) is 75.9 Å². The molecule has 0 saturated carbocycles. The van der Waals surface area contributed by atoms with Crippen molar-refractivity contribution in [2.45, 2.75) is 45.1 Å². The molecule has 2 heterocycles. The summed E-state index contributed by atoms with van der Waals surface area (Å²) in [5.41, 5.74) is -0.734. The van der Waals surface area contributed by atoms with Crippen LogP contribution in [0.5, 0.6) is 0 Å². The number of nitrogens with zero attached hydrogens (tertiary/aromatic N) is 3. The molecular weight excluding hydrogens is 482 g/mol. The van der Waals surface area contributed by atoms with Crippen molar-refractivity contribution in [2.75, 3.05) is 16.4 Å². The lowest BCUT2D eigenvalue weighted by Crippen LogP contribution is -2.54. The van der Waals surface area contributed by atoms with Gasteiger partial charge in [0, 0.05) is 42.8 Å². The third kappa shape index (κ3) is 4.70. The van der Waals surface area contributed by atoms with E-state index in [9.17, 15) is 29.6 Å². The van der Waals surface area contributed by atoms with Crippen LogP contribution in [0.25, 0.3) is 0 Å². The van der Waals surface area contributed by atoms with Gasteiger partial charge in [-0.05, 0) is 30.2 Å². The fourth-order valence-electron chi connectivity index (χ4n) is 4.69. The number of fused-ring (bicyclic) bond motifs is 1. The monoisotopic (exact) mass is 509 g/mol. The van der Waals surface area contributed by atoms with Gasteiger partial charge in [0.25, 0.3) is 11.6 Å². The van der Waals surface area contributed by atoms with E-state index in [4.69, 9.17) is 9.84 Å². The second kappa shape index (κ2) is 10.1. The van der Waals surface area contributed by atoms with Crippen LogP contribution in [-0.2, 0) is 31.3 Å². The second-order valence-electron chi connectivity index (χ2n) is 9.05. The molecule has 0 radical (unpaired) electrons. The molecule has 2 amide bonds. The van der Waals surface area contributed by atoms with Crippen molar-refractivity contribution in [3.63, 3.8) is 0 Å². The molecule has 2 aromatic carbocycles. The number of β-lactam (4-membered cyclic amide) rings is 1. The molecule has 1 saturated heterocycles. The Morgan fingerprint density at radius 3 is 2.70 bits per heavy atom. The third-order valence-electron chi connectivity index (χ3n) is 6.58. The van der Waals surface area contributed by atoms with Crippen LogP contribution >= 0.6 is 0 Å². The predicted octanol–water partition coefficient (Wildman–Crippen LogP) is 2.53. The average Bonchev–Trinajstić information content (AvgIpc) is 3.06. The Morgan fingerprint density at radius 2 is 2.05 bits per heavy atom. The number of nitro benzene ring substituents is 1. The van der Waals surface area contributed by atoms with Gasteiger partial charge < -0.3 is 19.8 Å². The highest BCUT2D eigenvalue weighted by atomic mass is 16.6. The molecular formula is C26H27N3O8. The van der Waals surface area contributed by atoms with Crippen molar-refractivity contribution in [1.29, 1.82) is 0 Å². The number of amides is 2. The smallest absolute Gasteiger partial charge is 0.304 e. The quantitative estimate of drug-likeness (QED) is 0.172. The van der Waals surface area contributed by atoms with Gasteiger partial charge in [-0.15, -0.1) is 0 Å². The van der Waals surface area contributed by atoms with Crippen LogP contribution in [0.1, 0.15) is 37.8 Å². The molecule has 0 aliphatic carbocycles. The lowest BCUT2D eigenvalue weighted by atomic mass is 9.82. The number of hydrogen-bond acceptors (Lipinski definition) is 8. The zero-order valence-electron chi connectivity index (χ0n) is 20.4.